The molecule has 0 radical (unpaired) electrons. The number of fused-ring (bicyclic) bond motifs is 3. The zero-order valence-electron chi connectivity index (χ0n) is 20.5. The minimum atomic E-state index is -0.927. The SMILES string of the molecule is CCC/C(=C\c1ccc(O)cc1)CC[C@H]1OB(O)C[C@H]2C1=C(C)C[C@H]1C(=O)N(CCC)C(=O)[C@H]12. The number of carbonyl (C=O) groups excluding carboxylic acids is 2. The lowest BCUT2D eigenvalue weighted by molar-refractivity contribution is -0.140. The summed E-state index contributed by atoms with van der Waals surface area (Å²) in [7, 11) is -0.927. The Kier molecular flexibility index (Phi) is 7.63. The first-order valence-corrected chi connectivity index (χ1v) is 12.7. The maximum Gasteiger partial charge on any atom is 0.455 e. The van der Waals surface area contributed by atoms with Crippen molar-refractivity contribution in [2.75, 3.05) is 6.54 Å². The zero-order chi connectivity index (χ0) is 24.4. The summed E-state index contributed by atoms with van der Waals surface area (Å²) in [5.41, 5.74) is 4.61. The molecule has 2 heterocycles. The highest BCUT2D eigenvalue weighted by Gasteiger charge is 2.56. The molecule has 2 N–H and O–H groups in total. The molecule has 182 valence electrons. The van der Waals surface area contributed by atoms with Crippen LogP contribution in [0.5, 0.6) is 5.75 Å². The van der Waals surface area contributed by atoms with Gasteiger partial charge in [0, 0.05) is 6.54 Å². The third kappa shape index (κ3) is 4.87. The van der Waals surface area contributed by atoms with Crippen molar-refractivity contribution in [1.82, 2.24) is 4.90 Å². The highest BCUT2D eigenvalue weighted by molar-refractivity contribution is 6.43. The number of phenols is 1. The summed E-state index contributed by atoms with van der Waals surface area (Å²) in [5, 5.41) is 20.1. The normalized spacial score (nSPS) is 27.4. The molecule has 1 aromatic carbocycles. The highest BCUT2D eigenvalue weighted by atomic mass is 16.5. The van der Waals surface area contributed by atoms with Crippen LogP contribution in [0.2, 0.25) is 6.32 Å². The number of nitrogens with zero attached hydrogens (tertiary/aromatic N) is 1. The number of aromatic hydroxyl groups is 1. The number of imide groups is 1. The van der Waals surface area contributed by atoms with E-state index in [1.807, 2.05) is 19.1 Å². The van der Waals surface area contributed by atoms with Gasteiger partial charge in [-0.15, -0.1) is 0 Å². The second kappa shape index (κ2) is 10.5. The third-order valence-corrected chi connectivity index (χ3v) is 7.55. The molecule has 4 rings (SSSR count). The van der Waals surface area contributed by atoms with Crippen molar-refractivity contribution in [1.29, 1.82) is 0 Å². The van der Waals surface area contributed by atoms with Crippen LogP contribution < -0.4 is 0 Å². The van der Waals surface area contributed by atoms with E-state index in [1.165, 1.54) is 10.5 Å². The van der Waals surface area contributed by atoms with Crippen LogP contribution in [0.1, 0.15) is 64.9 Å². The maximum absolute atomic E-state index is 13.2. The van der Waals surface area contributed by atoms with Gasteiger partial charge in [0.05, 0.1) is 17.9 Å². The van der Waals surface area contributed by atoms with Crippen LogP contribution >= 0.6 is 0 Å². The summed E-state index contributed by atoms with van der Waals surface area (Å²) < 4.78 is 6.03. The topological polar surface area (TPSA) is 87.1 Å². The van der Waals surface area contributed by atoms with Crippen LogP contribution in [0.4, 0.5) is 0 Å². The lowest BCUT2D eigenvalue weighted by Gasteiger charge is -2.42. The van der Waals surface area contributed by atoms with Gasteiger partial charge in [0.15, 0.2) is 0 Å². The van der Waals surface area contributed by atoms with Gasteiger partial charge in [-0.2, -0.15) is 0 Å². The molecule has 0 spiro atoms. The number of carbonyl (C=O) groups is 2. The van der Waals surface area contributed by atoms with E-state index in [0.717, 1.165) is 48.8 Å². The van der Waals surface area contributed by atoms with Crippen molar-refractivity contribution in [3.8, 4) is 5.75 Å². The molecule has 0 bridgehead atoms. The third-order valence-electron chi connectivity index (χ3n) is 7.55. The Bertz CT molecular complexity index is 985. The van der Waals surface area contributed by atoms with E-state index in [1.54, 1.807) is 12.1 Å². The van der Waals surface area contributed by atoms with E-state index in [9.17, 15) is 19.7 Å². The fourth-order valence-corrected chi connectivity index (χ4v) is 6.14. The molecule has 2 aliphatic heterocycles. The molecule has 0 unspecified atom stereocenters. The average Bonchev–Trinajstić information content (AvgIpc) is 3.03. The van der Waals surface area contributed by atoms with E-state index in [4.69, 9.17) is 4.65 Å². The van der Waals surface area contributed by atoms with E-state index in [0.29, 0.717) is 19.3 Å². The monoisotopic (exact) mass is 465 g/mol. The Hall–Kier alpha value is -2.38. The standard InChI is InChI=1S/C27H36BNO5/c1-4-6-18(15-19-7-10-20(30)11-8-19)9-12-23-24-17(3)14-21-25(22(24)16-28(33)34-23)27(32)29(13-5-2)26(21)31/h7-8,10-11,15,21-23,25,30,33H,4-6,9,12-14,16H2,1-3H3/b18-15+/t21-,22+,23-,25-/m1/s1. The van der Waals surface area contributed by atoms with Gasteiger partial charge in [-0.1, -0.05) is 49.6 Å². The van der Waals surface area contributed by atoms with Crippen LogP contribution in [0.25, 0.3) is 6.08 Å². The number of rotatable bonds is 8. The second-order valence-corrected chi connectivity index (χ2v) is 10.0. The number of amides is 2. The molecule has 1 aliphatic carbocycles. The van der Waals surface area contributed by atoms with Gasteiger partial charge >= 0.3 is 7.12 Å². The van der Waals surface area contributed by atoms with Crippen molar-refractivity contribution >= 4 is 25.0 Å². The number of hydrogen-bond acceptors (Lipinski definition) is 5. The van der Waals surface area contributed by atoms with Crippen molar-refractivity contribution in [2.24, 2.45) is 17.8 Å². The predicted molar refractivity (Wildman–Crippen MR) is 133 cm³/mol. The van der Waals surface area contributed by atoms with Gasteiger partial charge < -0.3 is 14.8 Å². The number of phenolic OH excluding ortho intramolecular Hbond substituents is 1. The van der Waals surface area contributed by atoms with Crippen LogP contribution in [-0.2, 0) is 14.2 Å². The van der Waals surface area contributed by atoms with Crippen molar-refractivity contribution < 1.29 is 24.4 Å². The first-order chi connectivity index (χ1) is 16.3. The summed E-state index contributed by atoms with van der Waals surface area (Å²) in [6.07, 6.45) is 7.16. The molecule has 0 saturated carbocycles. The van der Waals surface area contributed by atoms with Crippen molar-refractivity contribution in [3.63, 3.8) is 0 Å². The number of allylic oxidation sites excluding steroid dienone is 2. The van der Waals surface area contributed by atoms with E-state index < -0.39 is 7.12 Å². The smallest absolute Gasteiger partial charge is 0.455 e. The zero-order valence-corrected chi connectivity index (χ0v) is 20.5. The molecular weight excluding hydrogens is 429 g/mol. The molecule has 34 heavy (non-hydrogen) atoms. The average molecular weight is 465 g/mol. The van der Waals surface area contributed by atoms with Gasteiger partial charge in [-0.3, -0.25) is 14.5 Å². The summed E-state index contributed by atoms with van der Waals surface area (Å²) in [6, 6.07) is 7.19. The summed E-state index contributed by atoms with van der Waals surface area (Å²) in [5.74, 6) is -0.680. The molecule has 2 amide bonds. The van der Waals surface area contributed by atoms with E-state index in [2.05, 4.69) is 19.9 Å². The fourth-order valence-electron chi connectivity index (χ4n) is 6.14. The number of benzene rings is 1. The lowest BCUT2D eigenvalue weighted by atomic mass is 9.58. The van der Waals surface area contributed by atoms with Gasteiger partial charge in [0.25, 0.3) is 0 Å². The molecule has 2 fully saturated rings. The fraction of sp³-hybridized carbons (Fsp3) is 0.556. The van der Waals surface area contributed by atoms with E-state index >= 15 is 0 Å². The molecule has 6 nitrogen and oxygen atoms in total. The Balaban J connectivity index is 1.55. The second-order valence-electron chi connectivity index (χ2n) is 10.0. The van der Waals surface area contributed by atoms with Gasteiger partial charge in [-0.25, -0.2) is 0 Å². The largest absolute Gasteiger partial charge is 0.508 e. The Labute approximate surface area is 202 Å². The summed E-state index contributed by atoms with van der Waals surface area (Å²) in [4.78, 5) is 27.6. The van der Waals surface area contributed by atoms with Crippen LogP contribution in [0.15, 0.2) is 41.0 Å². The number of likely N-dealkylation sites (tertiary alicyclic amines) is 1. The molecule has 2 saturated heterocycles. The summed E-state index contributed by atoms with van der Waals surface area (Å²) in [6.45, 7) is 6.66. The summed E-state index contributed by atoms with van der Waals surface area (Å²) >= 11 is 0. The quantitative estimate of drug-likeness (QED) is 0.333. The Morgan fingerprint density at radius 2 is 1.85 bits per heavy atom. The molecule has 7 heteroatoms. The maximum atomic E-state index is 13.2. The van der Waals surface area contributed by atoms with Gasteiger partial charge in [0.2, 0.25) is 11.8 Å². The highest BCUT2D eigenvalue weighted by Crippen LogP contribution is 2.50. The Morgan fingerprint density at radius 3 is 2.53 bits per heavy atom. The van der Waals surface area contributed by atoms with Crippen molar-refractivity contribution in [2.45, 2.75) is 71.7 Å². The molecule has 0 aromatic heterocycles. The first-order valence-electron chi connectivity index (χ1n) is 12.7. The molecule has 4 atom stereocenters. The van der Waals surface area contributed by atoms with Crippen LogP contribution in [-0.4, -0.2) is 46.6 Å². The lowest BCUT2D eigenvalue weighted by Crippen LogP contribution is -2.46. The van der Waals surface area contributed by atoms with Crippen LogP contribution in [0, 0.1) is 17.8 Å². The van der Waals surface area contributed by atoms with Gasteiger partial charge in [0.1, 0.15) is 5.75 Å². The first kappa shape index (κ1) is 24.7. The molecular formula is C27H36BNO5. The molecule has 1 aromatic rings. The minimum Gasteiger partial charge on any atom is -0.508 e. The van der Waals surface area contributed by atoms with E-state index in [-0.39, 0.29) is 41.4 Å². The van der Waals surface area contributed by atoms with Crippen LogP contribution in [0.3, 0.4) is 0 Å². The Morgan fingerprint density at radius 1 is 1.12 bits per heavy atom. The van der Waals surface area contributed by atoms with Crippen molar-refractivity contribution in [3.05, 3.63) is 46.5 Å². The minimum absolute atomic E-state index is 0.0464. The molecule has 3 aliphatic rings. The predicted octanol–water partition coefficient (Wildman–Crippen LogP) is 4.58. The number of hydrogen-bond donors (Lipinski definition) is 2. The van der Waals surface area contributed by atoms with Gasteiger partial charge in [-0.05, 0) is 74.5 Å².